The number of benzene rings is 1. The van der Waals surface area contributed by atoms with Crippen molar-refractivity contribution in [1.29, 1.82) is 0 Å². The smallest absolute Gasteiger partial charge is 0.335 e. The van der Waals surface area contributed by atoms with Crippen LogP contribution in [0.2, 0.25) is 0 Å². The normalized spacial score (nSPS) is 24.2. The number of hydrogen-bond acceptors (Lipinski definition) is 4. The summed E-state index contributed by atoms with van der Waals surface area (Å²) < 4.78 is 10.9. The lowest BCUT2D eigenvalue weighted by Crippen LogP contribution is -2.39. The number of carbonyl (C=O) groups is 1. The van der Waals surface area contributed by atoms with Crippen LogP contribution in [0.25, 0.3) is 0 Å². The van der Waals surface area contributed by atoms with Gasteiger partial charge in [0.2, 0.25) is 0 Å². The number of rotatable bonds is 1. The van der Waals surface area contributed by atoms with E-state index in [9.17, 15) is 4.79 Å². The quantitative estimate of drug-likeness (QED) is 0.799. The molecule has 3 rings (SSSR count). The molecule has 0 aromatic heterocycles. The largest absolute Gasteiger partial charge is 0.496 e. The van der Waals surface area contributed by atoms with Gasteiger partial charge in [0.15, 0.2) is 5.60 Å². The number of carboxylic acid groups (broad SMARTS) is 1. The Morgan fingerprint density at radius 2 is 2.35 bits per heavy atom. The second-order valence-electron chi connectivity index (χ2n) is 3.92. The van der Waals surface area contributed by atoms with Crippen molar-refractivity contribution in [2.75, 3.05) is 6.61 Å². The van der Waals surface area contributed by atoms with Gasteiger partial charge in [0.25, 0.3) is 0 Å². The molecule has 5 heteroatoms. The van der Waals surface area contributed by atoms with E-state index < -0.39 is 11.6 Å². The average Bonchev–Trinajstić information content (AvgIpc) is 2.76. The first-order chi connectivity index (χ1) is 8.19. The third-order valence-electron chi connectivity index (χ3n) is 2.68. The molecule has 86 valence electrons. The maximum absolute atomic E-state index is 10.8. The summed E-state index contributed by atoms with van der Waals surface area (Å²) in [5.74, 6) is -0.417. The molecule has 1 N–H and O–H groups in total. The molecule has 1 aromatic rings. The van der Waals surface area contributed by atoms with E-state index in [1.165, 1.54) is 12.1 Å². The lowest BCUT2D eigenvalue weighted by Gasteiger charge is -2.27. The number of ether oxygens (including phenoxy) is 2. The lowest BCUT2D eigenvalue weighted by molar-refractivity contribution is 0.0696. The van der Waals surface area contributed by atoms with Crippen LogP contribution in [0, 0.1) is 0 Å². The number of hydrogen-bond donors (Lipinski definition) is 1. The summed E-state index contributed by atoms with van der Waals surface area (Å²) in [6.07, 6.45) is 4.98. The molecule has 2 aliphatic rings. The number of fused-ring (bicyclic) bond motifs is 1. The van der Waals surface area contributed by atoms with E-state index in [1.54, 1.807) is 24.6 Å². The number of aliphatic imine (C=N–C) groups is 1. The monoisotopic (exact) mass is 231 g/mol. The van der Waals surface area contributed by atoms with E-state index in [0.717, 1.165) is 0 Å². The molecule has 0 radical (unpaired) electrons. The summed E-state index contributed by atoms with van der Waals surface area (Å²) in [6, 6.07) is 4.60. The van der Waals surface area contributed by atoms with Crippen LogP contribution in [-0.2, 0) is 4.74 Å². The van der Waals surface area contributed by atoms with Crippen molar-refractivity contribution in [2.24, 2.45) is 4.99 Å². The van der Waals surface area contributed by atoms with E-state index in [1.807, 2.05) is 0 Å². The van der Waals surface area contributed by atoms with Crippen LogP contribution in [0.3, 0.4) is 0 Å². The van der Waals surface area contributed by atoms with Crippen LogP contribution in [0.15, 0.2) is 35.5 Å². The van der Waals surface area contributed by atoms with E-state index in [0.29, 0.717) is 18.0 Å². The van der Waals surface area contributed by atoms with Gasteiger partial charge in [-0.05, 0) is 18.2 Å². The van der Waals surface area contributed by atoms with Crippen molar-refractivity contribution in [3.63, 3.8) is 0 Å². The minimum absolute atomic E-state index is 0.193. The Morgan fingerprint density at radius 3 is 3.06 bits per heavy atom. The van der Waals surface area contributed by atoms with Crippen LogP contribution < -0.4 is 4.74 Å². The molecule has 1 unspecified atom stereocenters. The first kappa shape index (κ1) is 9.89. The van der Waals surface area contributed by atoms with Gasteiger partial charge in [-0.1, -0.05) is 0 Å². The standard InChI is InChI=1S/C12H9NO4/c14-11(15)8-1-2-10-9(5-8)13-6-12(17-10)3-4-16-7-12/h1-6H,7H2,(H,14,15). The van der Waals surface area contributed by atoms with Gasteiger partial charge in [0.1, 0.15) is 18.0 Å². The van der Waals surface area contributed by atoms with E-state index in [-0.39, 0.29) is 5.56 Å². The maximum atomic E-state index is 10.8. The Morgan fingerprint density at radius 1 is 1.47 bits per heavy atom. The van der Waals surface area contributed by atoms with Crippen molar-refractivity contribution in [3.8, 4) is 5.75 Å². The van der Waals surface area contributed by atoms with Gasteiger partial charge < -0.3 is 14.6 Å². The number of nitrogens with zero attached hydrogens (tertiary/aromatic N) is 1. The fourth-order valence-electron chi connectivity index (χ4n) is 1.78. The number of aromatic carboxylic acids is 1. The molecule has 0 amide bonds. The minimum atomic E-state index is -0.979. The van der Waals surface area contributed by atoms with Crippen molar-refractivity contribution >= 4 is 17.9 Å². The Labute approximate surface area is 97.0 Å². The van der Waals surface area contributed by atoms with Crippen molar-refractivity contribution in [3.05, 3.63) is 36.1 Å². The van der Waals surface area contributed by atoms with E-state index >= 15 is 0 Å². The summed E-state index contributed by atoms with van der Waals surface area (Å²) >= 11 is 0. The highest BCUT2D eigenvalue weighted by atomic mass is 16.6. The fourth-order valence-corrected chi connectivity index (χ4v) is 1.78. The molecule has 0 aliphatic carbocycles. The van der Waals surface area contributed by atoms with Gasteiger partial charge in [0, 0.05) is 6.08 Å². The fraction of sp³-hybridized carbons (Fsp3) is 0.167. The third-order valence-corrected chi connectivity index (χ3v) is 2.68. The Balaban J connectivity index is 2.00. The van der Waals surface area contributed by atoms with Crippen molar-refractivity contribution in [2.45, 2.75) is 5.60 Å². The van der Waals surface area contributed by atoms with Crippen LogP contribution in [0.5, 0.6) is 5.75 Å². The summed E-state index contributed by atoms with van der Waals surface area (Å²) in [5.41, 5.74) is 0.0760. The highest BCUT2D eigenvalue weighted by Crippen LogP contribution is 2.36. The predicted octanol–water partition coefficient (Wildman–Crippen LogP) is 1.76. The van der Waals surface area contributed by atoms with Gasteiger partial charge in [-0.15, -0.1) is 0 Å². The van der Waals surface area contributed by atoms with Gasteiger partial charge in [-0.25, -0.2) is 4.79 Å². The van der Waals surface area contributed by atoms with Crippen LogP contribution >= 0.6 is 0 Å². The third kappa shape index (κ3) is 1.56. The molecule has 0 saturated heterocycles. The van der Waals surface area contributed by atoms with Crippen LogP contribution in [-0.4, -0.2) is 29.5 Å². The molecule has 5 nitrogen and oxygen atoms in total. The highest BCUT2D eigenvalue weighted by Gasteiger charge is 2.35. The first-order valence-corrected chi connectivity index (χ1v) is 5.09. The maximum Gasteiger partial charge on any atom is 0.335 e. The second-order valence-corrected chi connectivity index (χ2v) is 3.92. The average molecular weight is 231 g/mol. The second kappa shape index (κ2) is 3.35. The molecule has 1 atom stereocenters. The SMILES string of the molecule is O=C(O)c1ccc2c(c1)N=CC1(C=COC1)O2. The molecule has 0 bridgehead atoms. The molecule has 2 aliphatic heterocycles. The molecule has 2 heterocycles. The van der Waals surface area contributed by atoms with Gasteiger partial charge in [-0.2, -0.15) is 0 Å². The van der Waals surface area contributed by atoms with Gasteiger partial charge in [0.05, 0.1) is 18.0 Å². The van der Waals surface area contributed by atoms with Gasteiger partial charge >= 0.3 is 5.97 Å². The molecule has 0 saturated carbocycles. The Bertz CT molecular complexity index is 549. The van der Waals surface area contributed by atoms with Crippen molar-refractivity contribution in [1.82, 2.24) is 0 Å². The van der Waals surface area contributed by atoms with Gasteiger partial charge in [-0.3, -0.25) is 4.99 Å². The molecule has 17 heavy (non-hydrogen) atoms. The summed E-state index contributed by atoms with van der Waals surface area (Å²) in [7, 11) is 0. The van der Waals surface area contributed by atoms with Crippen molar-refractivity contribution < 1.29 is 19.4 Å². The molecular weight excluding hydrogens is 222 g/mol. The summed E-state index contributed by atoms with van der Waals surface area (Å²) in [6.45, 7) is 0.386. The summed E-state index contributed by atoms with van der Waals surface area (Å²) in [4.78, 5) is 15.0. The first-order valence-electron chi connectivity index (χ1n) is 5.09. The number of carboxylic acids is 1. The zero-order valence-electron chi connectivity index (χ0n) is 8.79. The van der Waals surface area contributed by atoms with Crippen LogP contribution in [0.4, 0.5) is 5.69 Å². The Kier molecular flexibility index (Phi) is 1.95. The zero-order valence-corrected chi connectivity index (χ0v) is 8.79. The zero-order chi connectivity index (χ0) is 11.9. The molecule has 0 fully saturated rings. The lowest BCUT2D eigenvalue weighted by atomic mass is 10.1. The van der Waals surface area contributed by atoms with E-state index in [4.69, 9.17) is 14.6 Å². The minimum Gasteiger partial charge on any atom is -0.496 e. The molecular formula is C12H9NO4. The molecule has 1 aromatic carbocycles. The Hall–Kier alpha value is -2.30. The summed E-state index contributed by atoms with van der Waals surface area (Å²) in [5, 5.41) is 8.87. The van der Waals surface area contributed by atoms with E-state index in [2.05, 4.69) is 4.99 Å². The van der Waals surface area contributed by atoms with Crippen LogP contribution in [0.1, 0.15) is 10.4 Å². The predicted molar refractivity (Wildman–Crippen MR) is 60.0 cm³/mol. The topological polar surface area (TPSA) is 68.1 Å². The highest BCUT2D eigenvalue weighted by molar-refractivity contribution is 5.90. The molecule has 1 spiro atoms.